The van der Waals surface area contributed by atoms with E-state index >= 15 is 0 Å². The Hall–Kier alpha value is -2.77. The Bertz CT molecular complexity index is 1280. The van der Waals surface area contributed by atoms with Gasteiger partial charge in [-0.3, -0.25) is 14.5 Å². The van der Waals surface area contributed by atoms with Gasteiger partial charge in [0, 0.05) is 16.0 Å². The van der Waals surface area contributed by atoms with E-state index in [1.165, 1.54) is 16.7 Å². The molecule has 8 heteroatoms. The standard InChI is InChI=1S/C26H28ClN3O3S/c1-15-9-10-19(16(2)11-15)30-25-22(24(28-30)26(3,4)5)23(17-7-6-8-18(27)12-17)34-14-20(31)29(25)13-21(32)33/h6-12,23H,13-14H2,1-5H3,(H,32,33). The molecule has 1 aliphatic rings. The number of aliphatic carboxylic acids is 1. The fourth-order valence-electron chi connectivity index (χ4n) is 4.35. The van der Waals surface area contributed by atoms with Gasteiger partial charge in [0.25, 0.3) is 0 Å². The molecule has 0 saturated heterocycles. The summed E-state index contributed by atoms with van der Waals surface area (Å²) < 4.78 is 1.76. The van der Waals surface area contributed by atoms with Gasteiger partial charge in [-0.1, -0.05) is 62.2 Å². The molecular weight excluding hydrogens is 470 g/mol. The van der Waals surface area contributed by atoms with E-state index in [9.17, 15) is 14.7 Å². The monoisotopic (exact) mass is 497 g/mol. The minimum absolute atomic E-state index is 0.148. The lowest BCUT2D eigenvalue weighted by atomic mass is 9.87. The van der Waals surface area contributed by atoms with Gasteiger partial charge in [0.1, 0.15) is 12.4 Å². The number of amides is 1. The van der Waals surface area contributed by atoms with Crippen LogP contribution in [0, 0.1) is 13.8 Å². The number of carboxylic acid groups (broad SMARTS) is 1. The lowest BCUT2D eigenvalue weighted by molar-refractivity contribution is -0.136. The number of carbonyl (C=O) groups excluding carboxylic acids is 1. The molecule has 1 aliphatic heterocycles. The summed E-state index contributed by atoms with van der Waals surface area (Å²) in [4.78, 5) is 26.5. The Labute approximate surface area is 208 Å². The molecule has 1 unspecified atom stereocenters. The first-order chi connectivity index (χ1) is 16.0. The van der Waals surface area contributed by atoms with E-state index < -0.39 is 12.5 Å². The number of thioether (sulfide) groups is 1. The highest BCUT2D eigenvalue weighted by atomic mass is 35.5. The highest BCUT2D eigenvalue weighted by Crippen LogP contribution is 2.48. The van der Waals surface area contributed by atoms with Crippen LogP contribution in [-0.4, -0.2) is 39.1 Å². The van der Waals surface area contributed by atoms with Crippen molar-refractivity contribution in [3.05, 3.63) is 75.4 Å². The number of nitrogens with zero attached hydrogens (tertiary/aromatic N) is 3. The molecular formula is C26H28ClN3O3S. The van der Waals surface area contributed by atoms with E-state index in [4.69, 9.17) is 16.7 Å². The third-order valence-corrected chi connectivity index (χ3v) is 7.31. The number of halogens is 1. The Kier molecular flexibility index (Phi) is 6.53. The summed E-state index contributed by atoms with van der Waals surface area (Å²) in [6.07, 6.45) is 0. The van der Waals surface area contributed by atoms with Crippen LogP contribution in [0.25, 0.3) is 5.69 Å². The third kappa shape index (κ3) is 4.59. The number of rotatable bonds is 4. The van der Waals surface area contributed by atoms with Gasteiger partial charge in [-0.2, -0.15) is 5.10 Å². The largest absolute Gasteiger partial charge is 0.480 e. The maximum atomic E-state index is 13.3. The van der Waals surface area contributed by atoms with E-state index in [0.29, 0.717) is 10.8 Å². The third-order valence-electron chi connectivity index (χ3n) is 5.82. The van der Waals surface area contributed by atoms with Crippen molar-refractivity contribution in [2.75, 3.05) is 17.2 Å². The molecule has 0 fully saturated rings. The highest BCUT2D eigenvalue weighted by Gasteiger charge is 2.40. The molecule has 6 nitrogen and oxygen atoms in total. The van der Waals surface area contributed by atoms with Crippen LogP contribution in [0.15, 0.2) is 42.5 Å². The first kappa shape index (κ1) is 24.4. The first-order valence-corrected chi connectivity index (χ1v) is 12.5. The fourth-order valence-corrected chi connectivity index (χ4v) is 5.74. The van der Waals surface area contributed by atoms with Crippen molar-refractivity contribution in [1.82, 2.24) is 9.78 Å². The Morgan fingerprint density at radius 3 is 2.56 bits per heavy atom. The summed E-state index contributed by atoms with van der Waals surface area (Å²) in [7, 11) is 0. The van der Waals surface area contributed by atoms with E-state index in [2.05, 4.69) is 26.8 Å². The molecule has 34 heavy (non-hydrogen) atoms. The first-order valence-electron chi connectivity index (χ1n) is 11.1. The molecule has 3 aromatic rings. The second-order valence-electron chi connectivity index (χ2n) is 9.66. The van der Waals surface area contributed by atoms with Crippen molar-refractivity contribution in [2.45, 2.75) is 45.3 Å². The van der Waals surface area contributed by atoms with Crippen molar-refractivity contribution >= 4 is 41.1 Å². The fraction of sp³-hybridized carbons (Fsp3) is 0.346. The maximum Gasteiger partial charge on any atom is 0.323 e. The van der Waals surface area contributed by atoms with E-state index in [0.717, 1.165) is 33.6 Å². The van der Waals surface area contributed by atoms with Crippen molar-refractivity contribution in [3.8, 4) is 5.69 Å². The number of aryl methyl sites for hydroxylation is 2. The molecule has 2 aromatic carbocycles. The lowest BCUT2D eigenvalue weighted by Crippen LogP contribution is -2.38. The number of aromatic nitrogens is 2. The Morgan fingerprint density at radius 2 is 1.94 bits per heavy atom. The average Bonchev–Trinajstić information content (AvgIpc) is 3.06. The van der Waals surface area contributed by atoms with Crippen molar-refractivity contribution in [1.29, 1.82) is 0 Å². The topological polar surface area (TPSA) is 75.4 Å². The quantitative estimate of drug-likeness (QED) is 0.500. The van der Waals surface area contributed by atoms with E-state index in [1.54, 1.807) is 4.68 Å². The molecule has 0 bridgehead atoms. The van der Waals surface area contributed by atoms with Crippen LogP contribution in [0.4, 0.5) is 5.82 Å². The van der Waals surface area contributed by atoms with Crippen molar-refractivity contribution in [2.24, 2.45) is 0 Å². The molecule has 2 heterocycles. The zero-order valence-corrected chi connectivity index (χ0v) is 21.5. The number of fused-ring (bicyclic) bond motifs is 1. The molecule has 4 rings (SSSR count). The number of carboxylic acids is 1. The van der Waals surface area contributed by atoms with Crippen LogP contribution in [0.2, 0.25) is 5.02 Å². The normalized spacial score (nSPS) is 16.4. The smallest absolute Gasteiger partial charge is 0.323 e. The zero-order valence-electron chi connectivity index (χ0n) is 19.9. The van der Waals surface area contributed by atoms with E-state index in [1.807, 2.05) is 50.2 Å². The van der Waals surface area contributed by atoms with Gasteiger partial charge in [-0.15, -0.1) is 11.8 Å². The molecule has 0 spiro atoms. The summed E-state index contributed by atoms with van der Waals surface area (Å²) in [5.74, 6) is -0.671. The molecule has 1 N–H and O–H groups in total. The average molecular weight is 498 g/mol. The van der Waals surface area contributed by atoms with Gasteiger partial charge in [-0.25, -0.2) is 4.68 Å². The molecule has 0 radical (unpaired) electrons. The number of hydrogen-bond acceptors (Lipinski definition) is 4. The summed E-state index contributed by atoms with van der Waals surface area (Å²) in [6, 6.07) is 13.6. The van der Waals surface area contributed by atoms with Crippen LogP contribution in [0.3, 0.4) is 0 Å². The van der Waals surface area contributed by atoms with Gasteiger partial charge in [0.15, 0.2) is 0 Å². The zero-order chi connectivity index (χ0) is 24.8. The van der Waals surface area contributed by atoms with Crippen LogP contribution >= 0.6 is 23.4 Å². The minimum Gasteiger partial charge on any atom is -0.480 e. The number of benzene rings is 2. The van der Waals surface area contributed by atoms with Crippen LogP contribution in [0.5, 0.6) is 0 Å². The van der Waals surface area contributed by atoms with Crippen LogP contribution in [0.1, 0.15) is 54.0 Å². The predicted octanol–water partition coefficient (Wildman–Crippen LogP) is 5.69. The Balaban J connectivity index is 2.10. The molecule has 1 amide bonds. The molecule has 0 aliphatic carbocycles. The lowest BCUT2D eigenvalue weighted by Gasteiger charge is -2.24. The van der Waals surface area contributed by atoms with Gasteiger partial charge in [0.2, 0.25) is 5.91 Å². The minimum atomic E-state index is -1.07. The summed E-state index contributed by atoms with van der Waals surface area (Å²) >= 11 is 7.82. The number of hydrogen-bond donors (Lipinski definition) is 1. The SMILES string of the molecule is Cc1ccc(-n2nc(C(C)(C)C)c3c2N(CC(=O)O)C(=O)CSC3c2cccc(Cl)c2)c(C)c1. The molecule has 1 aromatic heterocycles. The second kappa shape index (κ2) is 9.12. The summed E-state index contributed by atoms with van der Waals surface area (Å²) in [5, 5.41) is 15.1. The second-order valence-corrected chi connectivity index (χ2v) is 11.2. The van der Waals surface area contributed by atoms with Gasteiger partial charge in [-0.05, 0) is 43.2 Å². The van der Waals surface area contributed by atoms with Crippen molar-refractivity contribution in [3.63, 3.8) is 0 Å². The number of anilines is 1. The molecule has 178 valence electrons. The highest BCUT2D eigenvalue weighted by molar-refractivity contribution is 8.00. The summed E-state index contributed by atoms with van der Waals surface area (Å²) in [6.45, 7) is 9.82. The van der Waals surface area contributed by atoms with Gasteiger partial charge >= 0.3 is 5.97 Å². The molecule has 0 saturated carbocycles. The predicted molar refractivity (Wildman–Crippen MR) is 137 cm³/mol. The van der Waals surface area contributed by atoms with E-state index in [-0.39, 0.29) is 22.3 Å². The Morgan fingerprint density at radius 1 is 1.21 bits per heavy atom. The number of carbonyl (C=O) groups is 2. The van der Waals surface area contributed by atoms with Crippen LogP contribution in [-0.2, 0) is 15.0 Å². The molecule has 1 atom stereocenters. The van der Waals surface area contributed by atoms with Gasteiger partial charge in [0.05, 0.1) is 22.4 Å². The van der Waals surface area contributed by atoms with Gasteiger partial charge < -0.3 is 5.11 Å². The summed E-state index contributed by atoms with van der Waals surface area (Å²) in [5.41, 5.74) is 5.20. The van der Waals surface area contributed by atoms with Crippen LogP contribution < -0.4 is 4.90 Å². The maximum absolute atomic E-state index is 13.3. The van der Waals surface area contributed by atoms with Crippen molar-refractivity contribution < 1.29 is 14.7 Å².